The molecule has 3 heteroatoms. The zero-order valence-corrected chi connectivity index (χ0v) is 9.47. The first-order chi connectivity index (χ1) is 6.75. The number of thioether (sulfide) groups is 1. The fourth-order valence-electron chi connectivity index (χ4n) is 1.51. The molecule has 0 bridgehead atoms. The summed E-state index contributed by atoms with van der Waals surface area (Å²) in [4.78, 5) is 4.44. The first kappa shape index (κ1) is 9.99. The Morgan fingerprint density at radius 3 is 2.93 bits per heavy atom. The molecule has 1 aliphatic rings. The monoisotopic (exact) mass is 208 g/mol. The van der Waals surface area contributed by atoms with E-state index in [-0.39, 0.29) is 0 Å². The van der Waals surface area contributed by atoms with Gasteiger partial charge in [-0.05, 0) is 36.8 Å². The van der Waals surface area contributed by atoms with E-state index in [1.165, 1.54) is 11.3 Å². The van der Waals surface area contributed by atoms with Gasteiger partial charge in [-0.1, -0.05) is 13.0 Å². The van der Waals surface area contributed by atoms with Gasteiger partial charge in [-0.25, -0.2) is 0 Å². The summed E-state index contributed by atoms with van der Waals surface area (Å²) in [5, 5.41) is 3.90. The number of aryl methyl sites for hydroxylation is 1. The largest absolute Gasteiger partial charge is 0.300 e. The zero-order chi connectivity index (χ0) is 9.97. The number of pyridine rings is 1. The van der Waals surface area contributed by atoms with Crippen molar-refractivity contribution in [1.29, 1.82) is 0 Å². The third kappa shape index (κ3) is 2.28. The summed E-state index contributed by atoms with van der Waals surface area (Å²) in [6.07, 6.45) is 1.94. The van der Waals surface area contributed by atoms with Crippen LogP contribution >= 0.6 is 11.8 Å². The molecule has 2 heterocycles. The molecule has 76 valence electrons. The molecule has 2 unspecified atom stereocenters. The van der Waals surface area contributed by atoms with Crippen molar-refractivity contribution in [2.24, 2.45) is 5.92 Å². The Morgan fingerprint density at radius 1 is 1.50 bits per heavy atom. The van der Waals surface area contributed by atoms with Crippen LogP contribution in [0.4, 0.5) is 0 Å². The molecular weight excluding hydrogens is 192 g/mol. The lowest BCUT2D eigenvalue weighted by molar-refractivity contribution is 0.525. The molecule has 14 heavy (non-hydrogen) atoms. The van der Waals surface area contributed by atoms with Gasteiger partial charge >= 0.3 is 0 Å². The summed E-state index contributed by atoms with van der Waals surface area (Å²) >= 11 is 1.96. The normalized spacial score (nSPS) is 27.6. The van der Waals surface area contributed by atoms with Gasteiger partial charge < -0.3 is 5.32 Å². The van der Waals surface area contributed by atoms with Gasteiger partial charge in [-0.15, -0.1) is 11.8 Å². The number of hydrogen-bond acceptors (Lipinski definition) is 3. The predicted octanol–water partition coefficient (Wildman–Crippen LogP) is 2.36. The summed E-state index contributed by atoms with van der Waals surface area (Å²) in [5.74, 6) is 2.01. The minimum atomic E-state index is 0.395. The summed E-state index contributed by atoms with van der Waals surface area (Å²) < 4.78 is 0. The Hall–Kier alpha value is -0.540. The Labute approximate surface area is 89.5 Å². The van der Waals surface area contributed by atoms with Crippen LogP contribution in [-0.4, -0.2) is 17.3 Å². The number of hydrogen-bond donors (Lipinski definition) is 1. The van der Waals surface area contributed by atoms with Crippen LogP contribution in [0.25, 0.3) is 0 Å². The van der Waals surface area contributed by atoms with E-state index < -0.39 is 0 Å². The zero-order valence-electron chi connectivity index (χ0n) is 8.66. The molecule has 1 aliphatic heterocycles. The Balaban J connectivity index is 2.05. The molecule has 0 spiro atoms. The Kier molecular flexibility index (Phi) is 3.08. The van der Waals surface area contributed by atoms with Gasteiger partial charge in [0.15, 0.2) is 0 Å². The maximum absolute atomic E-state index is 4.44. The molecule has 1 aromatic heterocycles. The molecule has 1 N–H and O–H groups in total. The highest BCUT2D eigenvalue weighted by Crippen LogP contribution is 2.29. The van der Waals surface area contributed by atoms with Gasteiger partial charge in [0.05, 0.1) is 11.1 Å². The van der Waals surface area contributed by atoms with Gasteiger partial charge in [0.2, 0.25) is 0 Å². The molecule has 0 aromatic carbocycles. The van der Waals surface area contributed by atoms with E-state index in [4.69, 9.17) is 0 Å². The second-order valence-electron chi connectivity index (χ2n) is 3.99. The summed E-state index contributed by atoms with van der Waals surface area (Å²) in [5.41, 5.74) is 2.38. The highest BCUT2D eigenvalue weighted by Gasteiger charge is 2.19. The maximum Gasteiger partial charge on any atom is 0.0962 e. The molecule has 2 rings (SSSR count). The van der Waals surface area contributed by atoms with Crippen LogP contribution < -0.4 is 5.32 Å². The van der Waals surface area contributed by atoms with Crippen molar-refractivity contribution in [2.75, 3.05) is 12.3 Å². The van der Waals surface area contributed by atoms with E-state index in [0.29, 0.717) is 5.37 Å². The lowest BCUT2D eigenvalue weighted by Crippen LogP contribution is -2.31. The van der Waals surface area contributed by atoms with Gasteiger partial charge in [0, 0.05) is 6.20 Å². The van der Waals surface area contributed by atoms with E-state index in [1.807, 2.05) is 18.0 Å². The lowest BCUT2D eigenvalue weighted by atomic mass is 10.2. The fraction of sp³-hybridized carbons (Fsp3) is 0.545. The minimum absolute atomic E-state index is 0.395. The third-order valence-corrected chi connectivity index (χ3v) is 3.90. The quantitative estimate of drug-likeness (QED) is 0.767. The van der Waals surface area contributed by atoms with E-state index in [1.54, 1.807) is 0 Å². The smallest absolute Gasteiger partial charge is 0.0962 e. The van der Waals surface area contributed by atoms with Gasteiger partial charge in [0.25, 0.3) is 0 Å². The number of nitrogens with one attached hydrogen (secondary N) is 1. The molecular formula is C11H16N2S. The summed E-state index contributed by atoms with van der Waals surface area (Å²) in [7, 11) is 0. The van der Waals surface area contributed by atoms with Crippen molar-refractivity contribution in [3.8, 4) is 0 Å². The average molecular weight is 208 g/mol. The number of aromatic nitrogens is 1. The van der Waals surface area contributed by atoms with E-state index in [2.05, 4.69) is 36.3 Å². The fourth-order valence-corrected chi connectivity index (χ4v) is 2.67. The highest BCUT2D eigenvalue weighted by molar-refractivity contribution is 7.99. The van der Waals surface area contributed by atoms with E-state index in [9.17, 15) is 0 Å². The Morgan fingerprint density at radius 2 is 2.36 bits per heavy atom. The predicted molar refractivity (Wildman–Crippen MR) is 61.3 cm³/mol. The topological polar surface area (TPSA) is 24.9 Å². The average Bonchev–Trinajstić information content (AvgIpc) is 2.21. The molecule has 0 saturated carbocycles. The first-order valence-electron chi connectivity index (χ1n) is 5.03. The van der Waals surface area contributed by atoms with Crippen molar-refractivity contribution >= 4 is 11.8 Å². The van der Waals surface area contributed by atoms with Crippen LogP contribution in [0.2, 0.25) is 0 Å². The van der Waals surface area contributed by atoms with Crippen LogP contribution in [-0.2, 0) is 0 Å². The molecule has 1 saturated heterocycles. The van der Waals surface area contributed by atoms with E-state index in [0.717, 1.165) is 18.2 Å². The van der Waals surface area contributed by atoms with Crippen LogP contribution in [0.1, 0.15) is 23.6 Å². The molecule has 0 radical (unpaired) electrons. The second kappa shape index (κ2) is 4.32. The van der Waals surface area contributed by atoms with E-state index >= 15 is 0 Å². The van der Waals surface area contributed by atoms with Crippen molar-refractivity contribution in [3.05, 3.63) is 29.6 Å². The first-order valence-corrected chi connectivity index (χ1v) is 6.08. The Bertz CT molecular complexity index is 289. The van der Waals surface area contributed by atoms with Crippen molar-refractivity contribution in [2.45, 2.75) is 19.2 Å². The molecule has 2 nitrogen and oxygen atoms in total. The molecule has 0 aliphatic carbocycles. The van der Waals surface area contributed by atoms with Crippen LogP contribution in [0.15, 0.2) is 18.3 Å². The third-order valence-electron chi connectivity index (χ3n) is 2.40. The van der Waals surface area contributed by atoms with Crippen molar-refractivity contribution in [3.63, 3.8) is 0 Å². The SMILES string of the molecule is Cc1ccc(C2NCC(C)CS2)nc1. The second-order valence-corrected chi connectivity index (χ2v) is 5.13. The summed E-state index contributed by atoms with van der Waals surface area (Å²) in [6, 6.07) is 4.25. The number of nitrogens with zero attached hydrogens (tertiary/aromatic N) is 1. The van der Waals surface area contributed by atoms with Gasteiger partial charge in [-0.2, -0.15) is 0 Å². The van der Waals surface area contributed by atoms with Crippen LogP contribution in [0.3, 0.4) is 0 Å². The van der Waals surface area contributed by atoms with Crippen LogP contribution in [0, 0.1) is 12.8 Å². The molecule has 1 fully saturated rings. The minimum Gasteiger partial charge on any atom is -0.300 e. The molecule has 2 atom stereocenters. The standard InChI is InChI=1S/C11H16N2S/c1-8-3-4-10(12-5-8)11-13-6-9(2)7-14-11/h3-5,9,11,13H,6-7H2,1-2H3. The molecule has 0 amide bonds. The number of rotatable bonds is 1. The van der Waals surface area contributed by atoms with Crippen molar-refractivity contribution < 1.29 is 0 Å². The maximum atomic E-state index is 4.44. The van der Waals surface area contributed by atoms with Crippen molar-refractivity contribution in [1.82, 2.24) is 10.3 Å². The van der Waals surface area contributed by atoms with Crippen LogP contribution in [0.5, 0.6) is 0 Å². The highest BCUT2D eigenvalue weighted by atomic mass is 32.2. The molecule has 1 aromatic rings. The summed E-state index contributed by atoms with van der Waals surface area (Å²) in [6.45, 7) is 5.45. The van der Waals surface area contributed by atoms with Gasteiger partial charge in [-0.3, -0.25) is 4.98 Å². The lowest BCUT2D eigenvalue weighted by Gasteiger charge is -2.26. The van der Waals surface area contributed by atoms with Gasteiger partial charge in [0.1, 0.15) is 0 Å².